The molecule has 0 aliphatic rings. The summed E-state index contributed by atoms with van der Waals surface area (Å²) in [6.07, 6.45) is 1.20. The summed E-state index contributed by atoms with van der Waals surface area (Å²) >= 11 is 0. The molecule has 0 bridgehead atoms. The first-order valence-electron chi connectivity index (χ1n) is 4.81. The summed E-state index contributed by atoms with van der Waals surface area (Å²) in [5, 5.41) is 10.6. The summed E-state index contributed by atoms with van der Waals surface area (Å²) in [5.74, 6) is -2.18. The highest BCUT2D eigenvalue weighted by atomic mass is 19.1. The number of hydrogen-bond donors (Lipinski definition) is 1. The van der Waals surface area contributed by atoms with Gasteiger partial charge in [0.15, 0.2) is 0 Å². The van der Waals surface area contributed by atoms with Gasteiger partial charge in [0, 0.05) is 35.5 Å². The van der Waals surface area contributed by atoms with Gasteiger partial charge in [-0.25, -0.2) is 4.39 Å². The number of nitro groups is 1. The fourth-order valence-electron chi connectivity index (χ4n) is 1.48. The van der Waals surface area contributed by atoms with Crippen molar-refractivity contribution in [2.45, 2.75) is 0 Å². The standard InChI is InChI=1S/C11H6F2N2O3/c12-8-4-9(13)10(15(17)18)3-7(8)6-1-2-11(16)14-5-6/h1-5H,(H,14,16). The summed E-state index contributed by atoms with van der Waals surface area (Å²) < 4.78 is 26.6. The molecule has 0 aliphatic carbocycles. The predicted octanol–water partition coefficient (Wildman–Crippen LogP) is 2.23. The number of aromatic nitrogens is 1. The van der Waals surface area contributed by atoms with E-state index in [4.69, 9.17) is 0 Å². The number of pyridine rings is 1. The van der Waals surface area contributed by atoms with E-state index in [1.54, 1.807) is 0 Å². The van der Waals surface area contributed by atoms with Crippen LogP contribution >= 0.6 is 0 Å². The van der Waals surface area contributed by atoms with Gasteiger partial charge in [0.2, 0.25) is 11.4 Å². The fraction of sp³-hybridized carbons (Fsp3) is 0. The van der Waals surface area contributed by atoms with Crippen molar-refractivity contribution in [2.75, 3.05) is 0 Å². The van der Waals surface area contributed by atoms with Gasteiger partial charge in [-0.3, -0.25) is 14.9 Å². The summed E-state index contributed by atoms with van der Waals surface area (Å²) in [6, 6.07) is 3.67. The lowest BCUT2D eigenvalue weighted by molar-refractivity contribution is -0.387. The number of benzene rings is 1. The van der Waals surface area contributed by atoms with Crippen LogP contribution in [0.15, 0.2) is 35.3 Å². The van der Waals surface area contributed by atoms with Crippen LogP contribution in [0.4, 0.5) is 14.5 Å². The molecular formula is C11H6F2N2O3. The maximum atomic E-state index is 13.5. The van der Waals surface area contributed by atoms with Gasteiger partial charge in [-0.05, 0) is 6.07 Å². The van der Waals surface area contributed by atoms with Crippen LogP contribution in [0.3, 0.4) is 0 Å². The normalized spacial score (nSPS) is 10.3. The third kappa shape index (κ3) is 2.10. The molecule has 0 aliphatic heterocycles. The molecule has 0 unspecified atom stereocenters. The molecule has 1 aromatic heterocycles. The molecule has 0 fully saturated rings. The Morgan fingerprint density at radius 2 is 1.89 bits per heavy atom. The van der Waals surface area contributed by atoms with E-state index in [2.05, 4.69) is 4.98 Å². The van der Waals surface area contributed by atoms with Crippen molar-refractivity contribution in [2.24, 2.45) is 0 Å². The molecule has 0 spiro atoms. The van der Waals surface area contributed by atoms with Gasteiger partial charge >= 0.3 is 5.69 Å². The van der Waals surface area contributed by atoms with Gasteiger partial charge in [0.05, 0.1) is 4.92 Å². The topological polar surface area (TPSA) is 76.0 Å². The Morgan fingerprint density at radius 1 is 1.17 bits per heavy atom. The van der Waals surface area contributed by atoms with Crippen LogP contribution in [0.2, 0.25) is 0 Å². The minimum atomic E-state index is -1.24. The molecule has 0 saturated heterocycles. The lowest BCUT2D eigenvalue weighted by atomic mass is 10.1. The third-order valence-electron chi connectivity index (χ3n) is 2.33. The number of nitrogens with one attached hydrogen (secondary N) is 1. The van der Waals surface area contributed by atoms with Crippen LogP contribution in [-0.2, 0) is 0 Å². The van der Waals surface area contributed by atoms with Crippen LogP contribution in [0.5, 0.6) is 0 Å². The summed E-state index contributed by atoms with van der Waals surface area (Å²) in [7, 11) is 0. The third-order valence-corrected chi connectivity index (χ3v) is 2.33. The van der Waals surface area contributed by atoms with Crippen molar-refractivity contribution >= 4 is 5.69 Å². The lowest BCUT2D eigenvalue weighted by Crippen LogP contribution is -2.02. The van der Waals surface area contributed by atoms with Crippen molar-refractivity contribution < 1.29 is 13.7 Å². The zero-order chi connectivity index (χ0) is 13.3. The maximum absolute atomic E-state index is 13.5. The Morgan fingerprint density at radius 3 is 2.44 bits per heavy atom. The van der Waals surface area contributed by atoms with Gasteiger partial charge in [-0.15, -0.1) is 0 Å². The van der Waals surface area contributed by atoms with Crippen LogP contribution in [0, 0.1) is 21.7 Å². The van der Waals surface area contributed by atoms with Crippen LogP contribution in [0.1, 0.15) is 0 Å². The largest absolute Gasteiger partial charge is 0.328 e. The molecule has 5 nitrogen and oxygen atoms in total. The van der Waals surface area contributed by atoms with Crippen molar-refractivity contribution in [3.8, 4) is 11.1 Å². The minimum Gasteiger partial charge on any atom is -0.328 e. The quantitative estimate of drug-likeness (QED) is 0.657. The Bertz CT molecular complexity index is 662. The second-order valence-electron chi connectivity index (χ2n) is 3.48. The Balaban J connectivity index is 2.64. The molecule has 1 heterocycles. The van der Waals surface area contributed by atoms with Crippen molar-refractivity contribution in [3.63, 3.8) is 0 Å². The summed E-state index contributed by atoms with van der Waals surface area (Å²) in [4.78, 5) is 22.8. The lowest BCUT2D eigenvalue weighted by Gasteiger charge is -2.03. The molecule has 1 aromatic carbocycles. The predicted molar refractivity (Wildman–Crippen MR) is 59.1 cm³/mol. The first-order valence-corrected chi connectivity index (χ1v) is 4.81. The fourth-order valence-corrected chi connectivity index (χ4v) is 1.48. The molecule has 0 saturated carbocycles. The number of nitrogens with zero attached hydrogens (tertiary/aromatic N) is 1. The maximum Gasteiger partial charge on any atom is 0.305 e. The minimum absolute atomic E-state index is 0.153. The monoisotopic (exact) mass is 252 g/mol. The number of halogens is 2. The molecule has 0 amide bonds. The smallest absolute Gasteiger partial charge is 0.305 e. The average molecular weight is 252 g/mol. The Hall–Kier alpha value is -2.57. The molecule has 2 rings (SSSR count). The highest BCUT2D eigenvalue weighted by Gasteiger charge is 2.19. The van der Waals surface area contributed by atoms with Gasteiger partial charge in [-0.1, -0.05) is 0 Å². The van der Waals surface area contributed by atoms with Crippen LogP contribution in [0.25, 0.3) is 11.1 Å². The van der Waals surface area contributed by atoms with Crippen LogP contribution < -0.4 is 5.56 Å². The zero-order valence-corrected chi connectivity index (χ0v) is 8.81. The molecule has 0 atom stereocenters. The van der Waals surface area contributed by atoms with Crippen molar-refractivity contribution in [1.29, 1.82) is 0 Å². The average Bonchev–Trinajstić information content (AvgIpc) is 2.30. The van der Waals surface area contributed by atoms with E-state index in [9.17, 15) is 23.7 Å². The number of nitro benzene ring substituents is 1. The van der Waals surface area contributed by atoms with Gasteiger partial charge in [0.25, 0.3) is 0 Å². The van der Waals surface area contributed by atoms with Crippen molar-refractivity contribution in [1.82, 2.24) is 4.98 Å². The summed E-state index contributed by atoms with van der Waals surface area (Å²) in [5.41, 5.74) is -1.15. The molecule has 18 heavy (non-hydrogen) atoms. The zero-order valence-electron chi connectivity index (χ0n) is 8.81. The van der Waals surface area contributed by atoms with Crippen LogP contribution in [-0.4, -0.2) is 9.91 Å². The number of hydrogen-bond acceptors (Lipinski definition) is 3. The molecule has 2 aromatic rings. The molecule has 0 radical (unpaired) electrons. The molecule has 92 valence electrons. The summed E-state index contributed by atoms with van der Waals surface area (Å²) in [6.45, 7) is 0. The number of H-pyrrole nitrogens is 1. The van der Waals surface area contributed by atoms with E-state index in [1.165, 1.54) is 12.3 Å². The first kappa shape index (κ1) is 11.9. The van der Waals surface area contributed by atoms with E-state index in [0.29, 0.717) is 6.07 Å². The molecule has 1 N–H and O–H groups in total. The van der Waals surface area contributed by atoms with E-state index >= 15 is 0 Å². The van der Waals surface area contributed by atoms with E-state index in [-0.39, 0.29) is 11.1 Å². The van der Waals surface area contributed by atoms with E-state index in [1.807, 2.05) is 0 Å². The van der Waals surface area contributed by atoms with E-state index < -0.39 is 27.8 Å². The highest BCUT2D eigenvalue weighted by Crippen LogP contribution is 2.28. The van der Waals surface area contributed by atoms with Gasteiger partial charge in [0.1, 0.15) is 5.82 Å². The highest BCUT2D eigenvalue weighted by molar-refractivity contribution is 5.66. The Labute approximate surface area is 98.9 Å². The molecule has 7 heteroatoms. The Kier molecular flexibility index (Phi) is 2.88. The SMILES string of the molecule is O=c1ccc(-c2cc([N+](=O)[O-])c(F)cc2F)c[nH]1. The second-order valence-corrected chi connectivity index (χ2v) is 3.48. The number of aromatic amines is 1. The van der Waals surface area contributed by atoms with E-state index in [0.717, 1.165) is 12.1 Å². The van der Waals surface area contributed by atoms with Crippen molar-refractivity contribution in [3.05, 3.63) is 62.6 Å². The number of rotatable bonds is 2. The van der Waals surface area contributed by atoms with Gasteiger partial charge < -0.3 is 4.98 Å². The van der Waals surface area contributed by atoms with Gasteiger partial charge in [-0.2, -0.15) is 4.39 Å². The second kappa shape index (κ2) is 4.36. The molecular weight excluding hydrogens is 246 g/mol. The first-order chi connectivity index (χ1) is 8.49.